The van der Waals surface area contributed by atoms with E-state index in [4.69, 9.17) is 9.05 Å². The lowest BCUT2D eigenvalue weighted by Crippen LogP contribution is -2.13. The quantitative estimate of drug-likeness (QED) is 0.292. The topological polar surface area (TPSA) is 55.8 Å². The lowest BCUT2D eigenvalue weighted by atomic mass is 10.0. The third-order valence-corrected chi connectivity index (χ3v) is 7.16. The molecular formula is C24H49O4P. The molecule has 1 N–H and O–H groups in total. The molecule has 2 unspecified atom stereocenters. The largest absolute Gasteiger partial charge is 0.472 e. The number of hydrogen-bond donors (Lipinski definition) is 1. The Morgan fingerprint density at radius 1 is 0.724 bits per heavy atom. The van der Waals surface area contributed by atoms with E-state index in [1.165, 1.54) is 96.3 Å². The summed E-state index contributed by atoms with van der Waals surface area (Å²) < 4.78 is 23.2. The molecule has 1 heterocycles. The van der Waals surface area contributed by atoms with E-state index in [0.29, 0.717) is 6.61 Å². The molecule has 29 heavy (non-hydrogen) atoms. The van der Waals surface area contributed by atoms with Crippen LogP contribution in [0.3, 0.4) is 0 Å². The molecule has 174 valence electrons. The van der Waals surface area contributed by atoms with E-state index in [9.17, 15) is 9.46 Å². The molecule has 1 rings (SSSR count). The third-order valence-electron chi connectivity index (χ3n) is 6.09. The lowest BCUT2D eigenvalue weighted by molar-refractivity contribution is 0.0901. The fourth-order valence-corrected chi connectivity index (χ4v) is 5.23. The first kappa shape index (κ1) is 27.1. The van der Waals surface area contributed by atoms with Gasteiger partial charge in [-0.1, -0.05) is 122 Å². The highest BCUT2D eigenvalue weighted by Crippen LogP contribution is 2.46. The Morgan fingerprint density at radius 3 is 1.79 bits per heavy atom. The minimum absolute atomic E-state index is 0.137. The third kappa shape index (κ3) is 17.5. The Hall–Kier alpha value is 0.110. The van der Waals surface area contributed by atoms with Gasteiger partial charge in [-0.25, -0.2) is 4.57 Å². The van der Waals surface area contributed by atoms with Gasteiger partial charge in [0, 0.05) is 0 Å². The maximum absolute atomic E-state index is 12.4. The molecule has 0 radical (unpaired) electrons. The summed E-state index contributed by atoms with van der Waals surface area (Å²) in [7, 11) is -3.92. The highest BCUT2D eigenvalue weighted by molar-refractivity contribution is 7.47. The molecule has 2 atom stereocenters. The van der Waals surface area contributed by atoms with E-state index in [1.54, 1.807) is 0 Å². The van der Waals surface area contributed by atoms with Crippen molar-refractivity contribution in [3.8, 4) is 0 Å². The van der Waals surface area contributed by atoms with E-state index in [-0.39, 0.29) is 6.10 Å². The second-order valence-corrected chi connectivity index (χ2v) is 10.4. The van der Waals surface area contributed by atoms with Gasteiger partial charge in [0.25, 0.3) is 0 Å². The average Bonchev–Trinajstić information content (AvgIpc) is 2.69. The first-order valence-electron chi connectivity index (χ1n) is 12.8. The molecule has 1 aliphatic rings. The zero-order valence-electron chi connectivity index (χ0n) is 19.3. The van der Waals surface area contributed by atoms with Crippen molar-refractivity contribution in [3.63, 3.8) is 0 Å². The van der Waals surface area contributed by atoms with Crippen LogP contribution in [-0.4, -0.2) is 17.6 Å². The molecule has 5 heteroatoms. The summed E-state index contributed by atoms with van der Waals surface area (Å²) >= 11 is 0. The minimum Gasteiger partial charge on any atom is -0.302 e. The molecule has 0 amide bonds. The van der Waals surface area contributed by atoms with Crippen LogP contribution in [-0.2, 0) is 13.6 Å². The normalized spacial score (nSPS) is 26.8. The standard InChI is InChI=1S/C24H49O4P/c1-2-3-4-5-6-12-15-18-21-24-22-19-16-13-10-8-7-9-11-14-17-20-23-27-29(25,26)28-24/h24H,2-23H2,1H3,(H,25,26). The average molecular weight is 433 g/mol. The van der Waals surface area contributed by atoms with Crippen LogP contribution in [0, 0.1) is 0 Å². The van der Waals surface area contributed by atoms with Gasteiger partial charge in [0.05, 0.1) is 12.7 Å². The second-order valence-electron chi connectivity index (χ2n) is 8.97. The highest BCUT2D eigenvalue weighted by Gasteiger charge is 2.26. The van der Waals surface area contributed by atoms with Crippen molar-refractivity contribution < 1.29 is 18.5 Å². The van der Waals surface area contributed by atoms with Gasteiger partial charge in [-0.15, -0.1) is 0 Å². The molecular weight excluding hydrogens is 383 g/mol. The molecule has 1 saturated heterocycles. The number of rotatable bonds is 9. The maximum atomic E-state index is 12.4. The fraction of sp³-hybridized carbons (Fsp3) is 1.00. The Labute approximate surface area is 181 Å². The van der Waals surface area contributed by atoms with Crippen molar-refractivity contribution >= 4 is 7.82 Å². The molecule has 0 saturated carbocycles. The van der Waals surface area contributed by atoms with E-state index in [2.05, 4.69) is 6.92 Å². The van der Waals surface area contributed by atoms with Crippen LogP contribution in [0.2, 0.25) is 0 Å². The van der Waals surface area contributed by atoms with Crippen LogP contribution in [0.5, 0.6) is 0 Å². The summed E-state index contributed by atoms with van der Waals surface area (Å²) in [6, 6.07) is 0. The summed E-state index contributed by atoms with van der Waals surface area (Å²) in [6.45, 7) is 2.58. The van der Waals surface area contributed by atoms with Gasteiger partial charge in [-0.05, 0) is 19.3 Å². The van der Waals surface area contributed by atoms with Crippen LogP contribution in [0.15, 0.2) is 0 Å². The predicted octanol–water partition coefficient (Wildman–Crippen LogP) is 8.71. The smallest absolute Gasteiger partial charge is 0.302 e. The Balaban J connectivity index is 2.34. The number of phosphoric acid groups is 1. The van der Waals surface area contributed by atoms with Crippen molar-refractivity contribution in [2.45, 2.75) is 148 Å². The highest BCUT2D eigenvalue weighted by atomic mass is 31.2. The van der Waals surface area contributed by atoms with Crippen LogP contribution in [0.25, 0.3) is 0 Å². The zero-order valence-corrected chi connectivity index (χ0v) is 20.1. The summed E-state index contributed by atoms with van der Waals surface area (Å²) in [5.41, 5.74) is 0. The van der Waals surface area contributed by atoms with Crippen LogP contribution < -0.4 is 0 Å². The Morgan fingerprint density at radius 2 is 1.21 bits per heavy atom. The van der Waals surface area contributed by atoms with E-state index in [1.807, 2.05) is 0 Å². The Kier molecular flexibility index (Phi) is 17.6. The lowest BCUT2D eigenvalue weighted by Gasteiger charge is -2.21. The molecule has 0 aliphatic carbocycles. The van der Waals surface area contributed by atoms with Gasteiger partial charge in [-0.2, -0.15) is 0 Å². The summed E-state index contributed by atoms with van der Waals surface area (Å²) in [4.78, 5) is 10.1. The molecule has 0 aromatic heterocycles. The van der Waals surface area contributed by atoms with Crippen LogP contribution >= 0.6 is 7.82 Å². The van der Waals surface area contributed by atoms with Gasteiger partial charge in [0.2, 0.25) is 0 Å². The maximum Gasteiger partial charge on any atom is 0.472 e. The van der Waals surface area contributed by atoms with Crippen molar-refractivity contribution in [2.24, 2.45) is 0 Å². The molecule has 0 aromatic carbocycles. The summed E-state index contributed by atoms with van der Waals surface area (Å²) in [5, 5.41) is 0. The van der Waals surface area contributed by atoms with Gasteiger partial charge in [-0.3, -0.25) is 9.05 Å². The zero-order chi connectivity index (χ0) is 21.0. The summed E-state index contributed by atoms with van der Waals surface area (Å²) in [5.74, 6) is 0. The molecule has 0 aromatic rings. The summed E-state index contributed by atoms with van der Waals surface area (Å²) in [6.07, 6.45) is 25.1. The van der Waals surface area contributed by atoms with Gasteiger partial charge < -0.3 is 4.89 Å². The van der Waals surface area contributed by atoms with E-state index >= 15 is 0 Å². The second kappa shape index (κ2) is 18.8. The molecule has 1 fully saturated rings. The van der Waals surface area contributed by atoms with Crippen molar-refractivity contribution in [1.82, 2.24) is 0 Å². The van der Waals surface area contributed by atoms with E-state index < -0.39 is 7.82 Å². The molecule has 4 nitrogen and oxygen atoms in total. The first-order valence-corrected chi connectivity index (χ1v) is 14.3. The molecule has 0 bridgehead atoms. The minimum atomic E-state index is -3.92. The van der Waals surface area contributed by atoms with Crippen LogP contribution in [0.4, 0.5) is 0 Å². The monoisotopic (exact) mass is 432 g/mol. The number of hydrogen-bond acceptors (Lipinski definition) is 3. The van der Waals surface area contributed by atoms with Crippen molar-refractivity contribution in [2.75, 3.05) is 6.61 Å². The van der Waals surface area contributed by atoms with Gasteiger partial charge in [0.15, 0.2) is 0 Å². The van der Waals surface area contributed by atoms with E-state index in [0.717, 1.165) is 38.5 Å². The predicted molar refractivity (Wildman–Crippen MR) is 123 cm³/mol. The number of unbranched alkanes of at least 4 members (excludes halogenated alkanes) is 7. The SMILES string of the molecule is CCCCCCCCCCC1CCCCCCCCCCCCCOP(=O)(O)O1. The van der Waals surface area contributed by atoms with Gasteiger partial charge in [0.1, 0.15) is 0 Å². The first-order chi connectivity index (χ1) is 14.1. The fourth-order valence-electron chi connectivity index (χ4n) is 4.22. The molecule has 0 spiro atoms. The van der Waals surface area contributed by atoms with Crippen molar-refractivity contribution in [3.05, 3.63) is 0 Å². The van der Waals surface area contributed by atoms with Crippen LogP contribution in [0.1, 0.15) is 142 Å². The van der Waals surface area contributed by atoms with Crippen molar-refractivity contribution in [1.29, 1.82) is 0 Å². The number of phosphoric ester groups is 1. The Bertz CT molecular complexity index is 402. The van der Waals surface area contributed by atoms with Gasteiger partial charge >= 0.3 is 7.82 Å². The molecule has 1 aliphatic heterocycles.